The fourth-order valence-electron chi connectivity index (χ4n) is 2.09. The van der Waals surface area contributed by atoms with Crippen molar-refractivity contribution in [3.63, 3.8) is 0 Å². The van der Waals surface area contributed by atoms with Crippen molar-refractivity contribution in [1.29, 1.82) is 0 Å². The molecule has 3 rings (SSSR count). The zero-order valence-corrected chi connectivity index (χ0v) is 13.6. The Kier molecular flexibility index (Phi) is 4.16. The maximum absolute atomic E-state index is 12.4. The lowest BCUT2D eigenvalue weighted by Crippen LogP contribution is -2.29. The van der Waals surface area contributed by atoms with E-state index in [0.29, 0.717) is 6.61 Å². The number of alkyl halides is 1. The molecule has 1 aliphatic rings. The quantitative estimate of drug-likeness (QED) is 0.536. The molecular formula is C15H12INO2S. The van der Waals surface area contributed by atoms with Crippen molar-refractivity contribution in [2.75, 3.05) is 15.9 Å². The van der Waals surface area contributed by atoms with Gasteiger partial charge in [0.05, 0.1) is 11.4 Å². The molecule has 3 nitrogen and oxygen atoms in total. The highest BCUT2D eigenvalue weighted by Gasteiger charge is 2.28. The molecule has 0 spiro atoms. The maximum atomic E-state index is 12.4. The maximum Gasteiger partial charge on any atom is 0.419 e. The fraction of sp³-hybridized carbons (Fsp3) is 0.133. The predicted octanol–water partition coefficient (Wildman–Crippen LogP) is 4.86. The van der Waals surface area contributed by atoms with Crippen molar-refractivity contribution < 1.29 is 9.53 Å². The summed E-state index contributed by atoms with van der Waals surface area (Å²) in [5.41, 5.74) is 1.77. The number of amides is 1. The molecule has 1 heterocycles. The number of hydrogen-bond donors (Lipinski definition) is 0. The highest BCUT2D eigenvalue weighted by Crippen LogP contribution is 2.47. The van der Waals surface area contributed by atoms with E-state index >= 15 is 0 Å². The molecule has 20 heavy (non-hydrogen) atoms. The van der Waals surface area contributed by atoms with Gasteiger partial charge < -0.3 is 4.74 Å². The van der Waals surface area contributed by atoms with Crippen molar-refractivity contribution in [3.05, 3.63) is 48.5 Å². The molecular weight excluding hydrogens is 385 g/mol. The summed E-state index contributed by atoms with van der Waals surface area (Å²) in [4.78, 5) is 16.2. The summed E-state index contributed by atoms with van der Waals surface area (Å²) >= 11 is 3.87. The average molecular weight is 397 g/mol. The molecule has 0 aromatic heterocycles. The van der Waals surface area contributed by atoms with Crippen molar-refractivity contribution in [3.8, 4) is 0 Å². The number of fused-ring (bicyclic) bond motifs is 2. The third-order valence-corrected chi connectivity index (χ3v) is 4.49. The lowest BCUT2D eigenvalue weighted by atomic mass is 10.2. The van der Waals surface area contributed by atoms with E-state index in [4.69, 9.17) is 4.74 Å². The number of nitrogens with zero attached hydrogens (tertiary/aromatic N) is 1. The van der Waals surface area contributed by atoms with E-state index in [-0.39, 0.29) is 6.09 Å². The van der Waals surface area contributed by atoms with E-state index in [0.717, 1.165) is 25.6 Å². The Morgan fingerprint density at radius 2 is 1.60 bits per heavy atom. The van der Waals surface area contributed by atoms with Gasteiger partial charge in [0.1, 0.15) is 6.61 Å². The van der Waals surface area contributed by atoms with Crippen molar-refractivity contribution in [2.24, 2.45) is 0 Å². The number of anilines is 2. The van der Waals surface area contributed by atoms with Gasteiger partial charge >= 0.3 is 6.09 Å². The minimum atomic E-state index is -0.318. The van der Waals surface area contributed by atoms with Crippen LogP contribution in [0.5, 0.6) is 0 Å². The van der Waals surface area contributed by atoms with Crippen LogP contribution in [-0.4, -0.2) is 17.1 Å². The van der Waals surface area contributed by atoms with Gasteiger partial charge in [-0.05, 0) is 24.3 Å². The predicted molar refractivity (Wildman–Crippen MR) is 89.4 cm³/mol. The van der Waals surface area contributed by atoms with E-state index in [2.05, 4.69) is 22.6 Å². The lowest BCUT2D eigenvalue weighted by Gasteiger charge is -2.30. The number of ether oxygens (including phenoxy) is 1. The summed E-state index contributed by atoms with van der Waals surface area (Å²) in [6.07, 6.45) is -0.318. The number of halogens is 1. The van der Waals surface area contributed by atoms with E-state index in [9.17, 15) is 4.79 Å². The summed E-state index contributed by atoms with van der Waals surface area (Å²) in [5.74, 6) is 0. The minimum Gasteiger partial charge on any atom is -0.448 e. The summed E-state index contributed by atoms with van der Waals surface area (Å²) < 4.78 is 6.10. The Morgan fingerprint density at radius 1 is 1.05 bits per heavy atom. The van der Waals surface area contributed by atoms with Crippen LogP contribution in [0.3, 0.4) is 0 Å². The van der Waals surface area contributed by atoms with Gasteiger partial charge in [0, 0.05) is 14.2 Å². The largest absolute Gasteiger partial charge is 0.448 e. The number of benzene rings is 2. The molecule has 102 valence electrons. The molecule has 0 aliphatic carbocycles. The second-order valence-corrected chi connectivity index (χ2v) is 6.34. The summed E-state index contributed by atoms with van der Waals surface area (Å²) in [7, 11) is 0. The van der Waals surface area contributed by atoms with Crippen LogP contribution in [-0.2, 0) is 4.74 Å². The molecule has 1 amide bonds. The molecule has 1 aliphatic heterocycles. The van der Waals surface area contributed by atoms with Gasteiger partial charge in [0.2, 0.25) is 0 Å². The third-order valence-electron chi connectivity index (χ3n) is 2.92. The summed E-state index contributed by atoms with van der Waals surface area (Å²) in [5, 5.41) is 0. The molecule has 0 radical (unpaired) electrons. The first kappa shape index (κ1) is 13.8. The topological polar surface area (TPSA) is 29.5 Å². The van der Waals surface area contributed by atoms with Gasteiger partial charge in [-0.3, -0.25) is 0 Å². The molecule has 0 atom stereocenters. The van der Waals surface area contributed by atoms with Gasteiger partial charge in [0.25, 0.3) is 0 Å². The Bertz CT molecular complexity index is 602. The normalized spacial score (nSPS) is 12.6. The molecule has 0 fully saturated rings. The minimum absolute atomic E-state index is 0.318. The first-order chi connectivity index (χ1) is 9.81. The number of para-hydroxylation sites is 2. The number of hydrogen-bond acceptors (Lipinski definition) is 3. The second-order valence-electron chi connectivity index (χ2n) is 4.18. The van der Waals surface area contributed by atoms with Gasteiger partial charge in [-0.1, -0.05) is 58.6 Å². The zero-order valence-electron chi connectivity index (χ0n) is 10.6. The number of rotatable bonds is 2. The monoisotopic (exact) mass is 397 g/mol. The van der Waals surface area contributed by atoms with Crippen LogP contribution in [0.2, 0.25) is 0 Å². The van der Waals surface area contributed by atoms with Gasteiger partial charge in [-0.2, -0.15) is 0 Å². The second kappa shape index (κ2) is 6.05. The van der Waals surface area contributed by atoms with Crippen LogP contribution < -0.4 is 4.90 Å². The SMILES string of the molecule is O=C(OCCI)N1c2ccccc2Sc2ccccc21. The summed E-state index contributed by atoms with van der Waals surface area (Å²) in [6, 6.07) is 15.8. The van der Waals surface area contributed by atoms with Crippen LogP contribution in [0, 0.1) is 0 Å². The zero-order chi connectivity index (χ0) is 13.9. The van der Waals surface area contributed by atoms with E-state index in [1.165, 1.54) is 0 Å². The van der Waals surface area contributed by atoms with Crippen molar-refractivity contribution >= 4 is 51.8 Å². The average Bonchev–Trinajstić information content (AvgIpc) is 2.50. The molecule has 0 saturated carbocycles. The Balaban J connectivity index is 2.05. The molecule has 0 N–H and O–H groups in total. The van der Waals surface area contributed by atoms with Gasteiger partial charge in [0.15, 0.2) is 0 Å². The molecule has 0 bridgehead atoms. The first-order valence-electron chi connectivity index (χ1n) is 6.20. The Hall–Kier alpha value is -1.21. The molecule has 2 aromatic rings. The first-order valence-corrected chi connectivity index (χ1v) is 8.54. The Labute approximate surface area is 135 Å². The van der Waals surface area contributed by atoms with Crippen LogP contribution >= 0.6 is 34.4 Å². The molecule has 2 aromatic carbocycles. The fourth-order valence-corrected chi connectivity index (χ4v) is 3.37. The number of carbonyl (C=O) groups excluding carboxylic acids is 1. The third kappa shape index (κ3) is 2.52. The standard InChI is InChI=1S/C15H12INO2S/c16-9-10-19-15(18)17-11-5-1-3-7-13(11)20-14-8-4-2-6-12(14)17/h1-8H,9-10H2. The van der Waals surface area contributed by atoms with E-state index in [1.54, 1.807) is 16.7 Å². The smallest absolute Gasteiger partial charge is 0.419 e. The van der Waals surface area contributed by atoms with Crippen molar-refractivity contribution in [2.45, 2.75) is 9.79 Å². The van der Waals surface area contributed by atoms with Gasteiger partial charge in [-0.25, -0.2) is 9.69 Å². The van der Waals surface area contributed by atoms with Crippen LogP contribution in [0.25, 0.3) is 0 Å². The highest BCUT2D eigenvalue weighted by atomic mass is 127. The Morgan fingerprint density at radius 3 is 2.15 bits per heavy atom. The van der Waals surface area contributed by atoms with Crippen LogP contribution in [0.15, 0.2) is 58.3 Å². The highest BCUT2D eigenvalue weighted by molar-refractivity contribution is 14.1. The van der Waals surface area contributed by atoms with Crippen LogP contribution in [0.4, 0.5) is 16.2 Å². The van der Waals surface area contributed by atoms with E-state index in [1.807, 2.05) is 48.5 Å². The molecule has 5 heteroatoms. The molecule has 0 saturated heterocycles. The van der Waals surface area contributed by atoms with Crippen LogP contribution in [0.1, 0.15) is 0 Å². The van der Waals surface area contributed by atoms with E-state index < -0.39 is 0 Å². The van der Waals surface area contributed by atoms with Gasteiger partial charge in [-0.15, -0.1) is 0 Å². The lowest BCUT2D eigenvalue weighted by molar-refractivity contribution is 0.164. The molecule has 0 unspecified atom stereocenters. The van der Waals surface area contributed by atoms with Crippen molar-refractivity contribution in [1.82, 2.24) is 0 Å². The number of carbonyl (C=O) groups is 1. The summed E-state index contributed by atoms with van der Waals surface area (Å²) in [6.45, 7) is 0.424.